The SMILES string of the molecule is CCCC[N+](CCCC)(CCCC)CCCC.CCc1cnc(C2=NC(C)(C(C)C)C(=O)N2C#N)c(C(=O)[O-])c1. The van der Waals surface area contributed by atoms with Crippen molar-refractivity contribution in [1.82, 2.24) is 9.88 Å². The predicted octanol–water partition coefficient (Wildman–Crippen LogP) is 5.50. The summed E-state index contributed by atoms with van der Waals surface area (Å²) in [7, 11) is 0. The molecule has 8 heteroatoms. The number of carboxylic acid groups (broad SMARTS) is 1. The quantitative estimate of drug-likeness (QED) is 0.198. The summed E-state index contributed by atoms with van der Waals surface area (Å²) in [6, 6.07) is 1.44. The van der Waals surface area contributed by atoms with Gasteiger partial charge in [0.25, 0.3) is 5.91 Å². The zero-order valence-corrected chi connectivity index (χ0v) is 26.4. The number of unbranched alkanes of at least 4 members (excludes halogenated alkanes) is 4. The maximum atomic E-state index is 12.5. The van der Waals surface area contributed by atoms with E-state index in [0.29, 0.717) is 12.0 Å². The number of amides is 1. The summed E-state index contributed by atoms with van der Waals surface area (Å²) in [6.45, 7) is 22.1. The summed E-state index contributed by atoms with van der Waals surface area (Å²) < 4.78 is 1.42. The molecule has 0 radical (unpaired) electrons. The molecule has 0 fully saturated rings. The summed E-state index contributed by atoms with van der Waals surface area (Å²) in [5.41, 5.74) is -0.613. The Bertz CT molecular complexity index is 992. The van der Waals surface area contributed by atoms with Crippen molar-refractivity contribution in [1.29, 1.82) is 5.26 Å². The van der Waals surface area contributed by atoms with Gasteiger partial charge in [0, 0.05) is 11.8 Å². The van der Waals surface area contributed by atoms with Crippen LogP contribution in [0, 0.1) is 17.4 Å². The number of aliphatic imine (C=N–C) groups is 1. The number of aromatic carboxylic acids is 1. The van der Waals surface area contributed by atoms with Crippen LogP contribution in [0.3, 0.4) is 0 Å². The van der Waals surface area contributed by atoms with Gasteiger partial charge in [0.1, 0.15) is 11.2 Å². The number of aryl methyl sites for hydroxylation is 1. The zero-order chi connectivity index (χ0) is 30.3. The van der Waals surface area contributed by atoms with E-state index in [1.54, 1.807) is 13.1 Å². The first-order valence-electron chi connectivity index (χ1n) is 15.4. The number of rotatable bonds is 16. The van der Waals surface area contributed by atoms with E-state index < -0.39 is 17.4 Å². The van der Waals surface area contributed by atoms with Crippen molar-refractivity contribution in [3.63, 3.8) is 0 Å². The van der Waals surface area contributed by atoms with Crippen molar-refractivity contribution < 1.29 is 19.2 Å². The van der Waals surface area contributed by atoms with Crippen LogP contribution >= 0.6 is 0 Å². The maximum Gasteiger partial charge on any atom is 0.269 e. The molecular formula is C32H53N5O3. The van der Waals surface area contributed by atoms with E-state index in [-0.39, 0.29) is 23.0 Å². The molecule has 40 heavy (non-hydrogen) atoms. The molecule has 1 unspecified atom stereocenters. The average Bonchev–Trinajstić information content (AvgIpc) is 3.22. The van der Waals surface area contributed by atoms with Crippen LogP contribution in [-0.2, 0) is 11.2 Å². The molecule has 1 aliphatic heterocycles. The third-order valence-electron chi connectivity index (χ3n) is 8.14. The van der Waals surface area contributed by atoms with Crippen molar-refractivity contribution in [3.05, 3.63) is 29.1 Å². The number of nitrogens with zero attached hydrogens (tertiary/aromatic N) is 5. The lowest BCUT2D eigenvalue weighted by Crippen LogP contribution is -2.50. The number of carbonyl (C=O) groups is 2. The average molecular weight is 556 g/mol. The van der Waals surface area contributed by atoms with Gasteiger partial charge >= 0.3 is 0 Å². The topological polar surface area (TPSA) is 109 Å². The van der Waals surface area contributed by atoms with Gasteiger partial charge in [-0.1, -0.05) is 74.1 Å². The van der Waals surface area contributed by atoms with E-state index in [2.05, 4.69) is 37.7 Å². The highest BCUT2D eigenvalue weighted by molar-refractivity contribution is 6.18. The molecule has 1 atom stereocenters. The molecular weight excluding hydrogens is 502 g/mol. The lowest BCUT2D eigenvalue weighted by molar-refractivity contribution is -0.929. The van der Waals surface area contributed by atoms with Gasteiger partial charge < -0.3 is 14.4 Å². The molecule has 0 saturated carbocycles. The highest BCUT2D eigenvalue weighted by Crippen LogP contribution is 2.32. The second-order valence-corrected chi connectivity index (χ2v) is 11.5. The van der Waals surface area contributed by atoms with E-state index in [9.17, 15) is 20.0 Å². The van der Waals surface area contributed by atoms with Crippen molar-refractivity contribution in [2.24, 2.45) is 10.9 Å². The Morgan fingerprint density at radius 3 is 1.82 bits per heavy atom. The summed E-state index contributed by atoms with van der Waals surface area (Å²) in [6.07, 6.45) is 14.9. The van der Waals surface area contributed by atoms with E-state index >= 15 is 0 Å². The van der Waals surface area contributed by atoms with Gasteiger partial charge in [0.05, 0.1) is 32.1 Å². The minimum Gasteiger partial charge on any atom is -0.545 e. The number of amidine groups is 1. The lowest BCUT2D eigenvalue weighted by Gasteiger charge is -2.39. The van der Waals surface area contributed by atoms with Gasteiger partial charge in [-0.15, -0.1) is 0 Å². The Morgan fingerprint density at radius 1 is 1.00 bits per heavy atom. The first-order chi connectivity index (χ1) is 19.0. The molecule has 1 aromatic rings. The van der Waals surface area contributed by atoms with E-state index in [1.165, 1.54) is 94.3 Å². The van der Waals surface area contributed by atoms with Crippen LogP contribution in [0.15, 0.2) is 17.3 Å². The molecule has 0 N–H and O–H groups in total. The van der Waals surface area contributed by atoms with Gasteiger partial charge in [0.2, 0.25) is 0 Å². The van der Waals surface area contributed by atoms with Gasteiger partial charge in [-0.25, -0.2) is 4.99 Å². The molecule has 2 heterocycles. The Balaban J connectivity index is 0.000000421. The van der Waals surface area contributed by atoms with Crippen LogP contribution in [0.1, 0.15) is 128 Å². The molecule has 1 aromatic heterocycles. The maximum absolute atomic E-state index is 12.5. The van der Waals surface area contributed by atoms with Gasteiger partial charge in [-0.2, -0.15) is 10.2 Å². The molecule has 0 aromatic carbocycles. The number of quaternary nitrogens is 1. The van der Waals surface area contributed by atoms with E-state index in [0.717, 1.165) is 4.90 Å². The summed E-state index contributed by atoms with van der Waals surface area (Å²) in [4.78, 5) is 33.2. The van der Waals surface area contributed by atoms with E-state index in [1.807, 2.05) is 20.8 Å². The fraction of sp³-hybridized carbons (Fsp3) is 0.719. The van der Waals surface area contributed by atoms with Crippen LogP contribution in [0.2, 0.25) is 0 Å². The Labute approximate surface area is 243 Å². The molecule has 0 aliphatic carbocycles. The fourth-order valence-corrected chi connectivity index (χ4v) is 4.95. The minimum absolute atomic E-state index is 0.0264. The van der Waals surface area contributed by atoms with Crippen LogP contribution in [0.25, 0.3) is 0 Å². The molecule has 2 rings (SSSR count). The number of carbonyl (C=O) groups excluding carboxylic acids is 2. The first kappa shape index (κ1) is 35.2. The van der Waals surface area contributed by atoms with Gasteiger partial charge in [-0.3, -0.25) is 9.78 Å². The first-order valence-corrected chi connectivity index (χ1v) is 15.4. The Hall–Kier alpha value is -2.79. The molecule has 0 spiro atoms. The largest absolute Gasteiger partial charge is 0.545 e. The summed E-state index contributed by atoms with van der Waals surface area (Å²) in [5.74, 6) is -2.12. The van der Waals surface area contributed by atoms with Crippen molar-refractivity contribution >= 4 is 17.7 Å². The fourth-order valence-electron chi connectivity index (χ4n) is 4.95. The van der Waals surface area contributed by atoms with Crippen molar-refractivity contribution in [3.8, 4) is 6.19 Å². The molecule has 0 saturated heterocycles. The molecule has 224 valence electrons. The van der Waals surface area contributed by atoms with Gasteiger partial charge in [0.15, 0.2) is 12.0 Å². The van der Waals surface area contributed by atoms with Gasteiger partial charge in [-0.05, 0) is 56.6 Å². The summed E-state index contributed by atoms with van der Waals surface area (Å²) in [5, 5.41) is 20.7. The highest BCUT2D eigenvalue weighted by atomic mass is 16.4. The standard InChI is InChI=1S/C16H18N4O3.C16H36N/c1-5-10-6-11(14(21)22)12(18-7-10)13-19-16(4,9(2)3)15(23)20(13)8-17;1-5-9-13-17(14-10-6-2,15-11-7-3)16-12-8-4/h6-7,9H,5H2,1-4H3,(H,21,22);5-16H2,1-4H3/q;+1/p-1. The summed E-state index contributed by atoms with van der Waals surface area (Å²) >= 11 is 0. The number of pyridine rings is 1. The van der Waals surface area contributed by atoms with Crippen LogP contribution in [0.4, 0.5) is 0 Å². The number of aromatic nitrogens is 1. The smallest absolute Gasteiger partial charge is 0.269 e. The number of hydrogen-bond acceptors (Lipinski definition) is 6. The van der Waals surface area contributed by atoms with E-state index in [4.69, 9.17) is 0 Å². The third-order valence-corrected chi connectivity index (χ3v) is 8.14. The molecule has 0 bridgehead atoms. The molecule has 1 amide bonds. The number of hydrogen-bond donors (Lipinski definition) is 0. The third kappa shape index (κ3) is 9.12. The second kappa shape index (κ2) is 17.1. The monoisotopic (exact) mass is 555 g/mol. The highest BCUT2D eigenvalue weighted by Gasteiger charge is 2.48. The minimum atomic E-state index is -1.42. The van der Waals surface area contributed by atoms with Crippen LogP contribution < -0.4 is 5.11 Å². The second-order valence-electron chi connectivity index (χ2n) is 11.5. The zero-order valence-electron chi connectivity index (χ0n) is 26.4. The Kier molecular flexibility index (Phi) is 15.1. The predicted molar refractivity (Wildman–Crippen MR) is 160 cm³/mol. The lowest BCUT2D eigenvalue weighted by atomic mass is 9.89. The molecule has 8 nitrogen and oxygen atoms in total. The van der Waals surface area contributed by atoms with Crippen molar-refractivity contribution in [2.45, 2.75) is 119 Å². The molecule has 1 aliphatic rings. The number of carboxylic acids is 1. The number of nitriles is 1. The van der Waals surface area contributed by atoms with Crippen LogP contribution in [0.5, 0.6) is 0 Å². The van der Waals surface area contributed by atoms with Crippen LogP contribution in [-0.4, -0.2) is 63.8 Å². The Morgan fingerprint density at radius 2 is 1.48 bits per heavy atom. The normalized spacial score (nSPS) is 16.9. The van der Waals surface area contributed by atoms with Crippen molar-refractivity contribution in [2.75, 3.05) is 26.2 Å².